The molecule has 3 aromatic heterocycles. The van der Waals surface area contributed by atoms with Crippen molar-refractivity contribution in [2.45, 2.75) is 0 Å². The van der Waals surface area contributed by atoms with Crippen LogP contribution in [0.2, 0.25) is 0 Å². The van der Waals surface area contributed by atoms with E-state index in [2.05, 4.69) is 66.8 Å². The number of anilines is 3. The van der Waals surface area contributed by atoms with Crippen molar-refractivity contribution in [1.29, 1.82) is 0 Å². The van der Waals surface area contributed by atoms with Gasteiger partial charge in [-0.25, -0.2) is 9.97 Å². The fourth-order valence-corrected chi connectivity index (χ4v) is 4.09. The van der Waals surface area contributed by atoms with Crippen LogP contribution >= 0.6 is 0 Å². The molecule has 1 aliphatic rings. The van der Waals surface area contributed by atoms with Crippen LogP contribution in [0.25, 0.3) is 33.3 Å². The SMILES string of the molecule is CN1CCN(c2ccc(Nc3nc(-c4ccc5cn[nH]c5c4)nc4cn[nH]c34)cc2)CC1. The molecule has 0 unspecified atom stereocenters. The summed E-state index contributed by atoms with van der Waals surface area (Å²) in [6.07, 6.45) is 3.52. The molecule has 5 aromatic rings. The Balaban J connectivity index is 1.31. The van der Waals surface area contributed by atoms with Crippen molar-refractivity contribution < 1.29 is 0 Å². The van der Waals surface area contributed by atoms with E-state index in [4.69, 9.17) is 9.97 Å². The summed E-state index contributed by atoms with van der Waals surface area (Å²) in [5.41, 5.74) is 5.61. The highest BCUT2D eigenvalue weighted by molar-refractivity contribution is 5.89. The van der Waals surface area contributed by atoms with Gasteiger partial charge in [0, 0.05) is 48.5 Å². The normalized spacial score (nSPS) is 15.0. The van der Waals surface area contributed by atoms with Crippen molar-refractivity contribution in [2.24, 2.45) is 0 Å². The van der Waals surface area contributed by atoms with Crippen LogP contribution in [-0.2, 0) is 0 Å². The van der Waals surface area contributed by atoms with Crippen LogP contribution in [0, 0.1) is 0 Å². The molecular weight excluding hydrogens is 402 g/mol. The number of fused-ring (bicyclic) bond motifs is 2. The second kappa shape index (κ2) is 7.61. The quantitative estimate of drug-likeness (QED) is 0.406. The lowest BCUT2D eigenvalue weighted by Crippen LogP contribution is -2.44. The molecule has 0 saturated carbocycles. The van der Waals surface area contributed by atoms with E-state index in [1.165, 1.54) is 5.69 Å². The fraction of sp³-hybridized carbons (Fsp3) is 0.217. The molecule has 0 aliphatic carbocycles. The van der Waals surface area contributed by atoms with Gasteiger partial charge in [-0.1, -0.05) is 12.1 Å². The first-order valence-electron chi connectivity index (χ1n) is 10.7. The third kappa shape index (κ3) is 3.42. The molecule has 1 aliphatic heterocycles. The zero-order chi connectivity index (χ0) is 21.5. The molecule has 4 heterocycles. The maximum atomic E-state index is 4.81. The van der Waals surface area contributed by atoms with Gasteiger partial charge in [-0.05, 0) is 37.4 Å². The first-order valence-corrected chi connectivity index (χ1v) is 10.7. The first-order chi connectivity index (χ1) is 15.7. The number of nitrogens with one attached hydrogen (secondary N) is 3. The maximum absolute atomic E-state index is 4.81. The molecule has 0 bridgehead atoms. The van der Waals surface area contributed by atoms with E-state index in [0.29, 0.717) is 11.6 Å². The number of hydrogen-bond acceptors (Lipinski definition) is 7. The Labute approximate surface area is 184 Å². The van der Waals surface area contributed by atoms with Gasteiger partial charge in [0.25, 0.3) is 0 Å². The summed E-state index contributed by atoms with van der Waals surface area (Å²) in [5.74, 6) is 1.33. The highest BCUT2D eigenvalue weighted by Crippen LogP contribution is 2.28. The van der Waals surface area contributed by atoms with Crippen LogP contribution in [-0.4, -0.2) is 68.5 Å². The van der Waals surface area contributed by atoms with Gasteiger partial charge < -0.3 is 15.1 Å². The molecule has 9 heteroatoms. The minimum atomic E-state index is 0.631. The summed E-state index contributed by atoms with van der Waals surface area (Å²) >= 11 is 0. The predicted octanol–water partition coefficient (Wildman–Crippen LogP) is 3.39. The summed E-state index contributed by atoms with van der Waals surface area (Å²) < 4.78 is 0. The molecular formula is C23H23N9. The number of aromatic amines is 2. The monoisotopic (exact) mass is 425 g/mol. The predicted molar refractivity (Wildman–Crippen MR) is 126 cm³/mol. The molecule has 3 N–H and O–H groups in total. The lowest BCUT2D eigenvalue weighted by molar-refractivity contribution is 0.313. The minimum Gasteiger partial charge on any atom is -0.369 e. The topological polar surface area (TPSA) is 102 Å². The van der Waals surface area contributed by atoms with Gasteiger partial charge >= 0.3 is 0 Å². The van der Waals surface area contributed by atoms with E-state index < -0.39 is 0 Å². The number of nitrogens with zero attached hydrogens (tertiary/aromatic N) is 6. The van der Waals surface area contributed by atoms with Crippen molar-refractivity contribution >= 4 is 39.1 Å². The average molecular weight is 426 g/mol. The second-order valence-electron chi connectivity index (χ2n) is 8.16. The molecule has 0 atom stereocenters. The highest BCUT2D eigenvalue weighted by Gasteiger charge is 2.15. The van der Waals surface area contributed by atoms with Crippen molar-refractivity contribution in [1.82, 2.24) is 35.3 Å². The van der Waals surface area contributed by atoms with Crippen LogP contribution < -0.4 is 10.2 Å². The van der Waals surface area contributed by atoms with Crippen LogP contribution in [0.5, 0.6) is 0 Å². The largest absolute Gasteiger partial charge is 0.369 e. The number of rotatable bonds is 4. The van der Waals surface area contributed by atoms with Gasteiger partial charge in [0.15, 0.2) is 11.6 Å². The molecule has 0 amide bonds. The third-order valence-electron chi connectivity index (χ3n) is 6.00. The molecule has 2 aromatic carbocycles. The Hall–Kier alpha value is -3.98. The summed E-state index contributed by atoms with van der Waals surface area (Å²) in [6.45, 7) is 4.28. The molecule has 6 rings (SSSR count). The average Bonchev–Trinajstić information content (AvgIpc) is 3.49. The summed E-state index contributed by atoms with van der Waals surface area (Å²) in [4.78, 5) is 14.3. The van der Waals surface area contributed by atoms with Gasteiger partial charge in [0.1, 0.15) is 11.0 Å². The van der Waals surface area contributed by atoms with Gasteiger partial charge in [0.2, 0.25) is 0 Å². The molecule has 1 fully saturated rings. The number of benzene rings is 2. The fourth-order valence-electron chi connectivity index (χ4n) is 4.09. The van der Waals surface area contributed by atoms with Crippen LogP contribution in [0.1, 0.15) is 0 Å². The third-order valence-corrected chi connectivity index (χ3v) is 6.00. The van der Waals surface area contributed by atoms with Crippen LogP contribution in [0.15, 0.2) is 54.9 Å². The number of likely N-dealkylation sites (N-methyl/N-ethyl adjacent to an activating group) is 1. The van der Waals surface area contributed by atoms with Crippen molar-refractivity contribution in [3.63, 3.8) is 0 Å². The molecule has 1 saturated heterocycles. The van der Waals surface area contributed by atoms with Gasteiger partial charge in [-0.3, -0.25) is 10.2 Å². The van der Waals surface area contributed by atoms with E-state index >= 15 is 0 Å². The van der Waals surface area contributed by atoms with E-state index in [1.807, 2.05) is 18.2 Å². The lowest BCUT2D eigenvalue weighted by Gasteiger charge is -2.34. The number of piperazine rings is 1. The van der Waals surface area contributed by atoms with Crippen LogP contribution in [0.4, 0.5) is 17.2 Å². The number of aromatic nitrogens is 6. The molecule has 0 spiro atoms. The van der Waals surface area contributed by atoms with E-state index in [9.17, 15) is 0 Å². The lowest BCUT2D eigenvalue weighted by atomic mass is 10.1. The smallest absolute Gasteiger partial charge is 0.162 e. The Kier molecular flexibility index (Phi) is 4.46. The van der Waals surface area contributed by atoms with E-state index in [0.717, 1.165) is 59.4 Å². The number of hydrogen-bond donors (Lipinski definition) is 3. The molecule has 32 heavy (non-hydrogen) atoms. The Bertz CT molecular complexity index is 1380. The molecule has 0 radical (unpaired) electrons. The Morgan fingerprint density at radius 2 is 1.69 bits per heavy atom. The van der Waals surface area contributed by atoms with Crippen molar-refractivity contribution in [3.8, 4) is 11.4 Å². The molecule has 9 nitrogen and oxygen atoms in total. The minimum absolute atomic E-state index is 0.631. The van der Waals surface area contributed by atoms with Crippen molar-refractivity contribution in [3.05, 3.63) is 54.9 Å². The Morgan fingerprint density at radius 3 is 2.53 bits per heavy atom. The summed E-state index contributed by atoms with van der Waals surface area (Å²) in [5, 5.41) is 18.8. The zero-order valence-electron chi connectivity index (χ0n) is 17.7. The van der Waals surface area contributed by atoms with Gasteiger partial charge in [0.05, 0.1) is 17.9 Å². The molecule has 160 valence electrons. The van der Waals surface area contributed by atoms with Crippen LogP contribution in [0.3, 0.4) is 0 Å². The van der Waals surface area contributed by atoms with E-state index in [1.54, 1.807) is 12.4 Å². The highest BCUT2D eigenvalue weighted by atomic mass is 15.2. The van der Waals surface area contributed by atoms with Crippen molar-refractivity contribution in [2.75, 3.05) is 43.4 Å². The van der Waals surface area contributed by atoms with Gasteiger partial charge in [-0.2, -0.15) is 10.2 Å². The zero-order valence-corrected chi connectivity index (χ0v) is 17.7. The Morgan fingerprint density at radius 1 is 0.875 bits per heavy atom. The van der Waals surface area contributed by atoms with Gasteiger partial charge in [-0.15, -0.1) is 0 Å². The van der Waals surface area contributed by atoms with E-state index in [-0.39, 0.29) is 0 Å². The first kappa shape index (κ1) is 18.8. The summed E-state index contributed by atoms with van der Waals surface area (Å²) in [7, 11) is 2.17. The maximum Gasteiger partial charge on any atom is 0.162 e. The second-order valence-corrected chi connectivity index (χ2v) is 8.16. The number of H-pyrrole nitrogens is 2. The standard InChI is InChI=1S/C23H23N9/c1-31-8-10-32(11-9-31)18-6-4-17(5-7-18)26-23-21-20(14-25-30-21)27-22(28-23)15-2-3-16-13-24-29-19(16)12-15/h2-7,12-14H,8-11H2,1H3,(H,24,29)(H,25,30)(H,26,27,28). The summed E-state index contributed by atoms with van der Waals surface area (Å²) in [6, 6.07) is 14.5.